The second kappa shape index (κ2) is 9.99. The predicted molar refractivity (Wildman–Crippen MR) is 120 cm³/mol. The molecule has 1 aliphatic heterocycles. The largest absolute Gasteiger partial charge is 0.454 e. The number of hydrogen-bond donors (Lipinski definition) is 2. The Kier molecular flexibility index (Phi) is 6.90. The molecule has 0 saturated heterocycles. The maximum atomic E-state index is 12.3. The molecule has 2 amide bonds. The molecule has 0 radical (unpaired) electrons. The lowest BCUT2D eigenvalue weighted by atomic mass is 10.2. The van der Waals surface area contributed by atoms with Gasteiger partial charge in [0.15, 0.2) is 11.5 Å². The summed E-state index contributed by atoms with van der Waals surface area (Å²) in [5.41, 5.74) is 1.52. The van der Waals surface area contributed by atoms with Crippen LogP contribution in [0.15, 0.2) is 42.5 Å². The summed E-state index contributed by atoms with van der Waals surface area (Å²) in [7, 11) is 0. The van der Waals surface area contributed by atoms with Crippen LogP contribution < -0.4 is 20.1 Å². The zero-order chi connectivity index (χ0) is 21.6. The molecule has 0 atom stereocenters. The number of amides is 2. The molecule has 0 spiro atoms. The van der Waals surface area contributed by atoms with Gasteiger partial charge in [-0.25, -0.2) is 0 Å². The van der Waals surface area contributed by atoms with Gasteiger partial charge in [-0.2, -0.15) is 0 Å². The lowest BCUT2D eigenvalue weighted by molar-refractivity contribution is -0.118. The minimum atomic E-state index is -0.350. The summed E-state index contributed by atoms with van der Waals surface area (Å²) >= 11 is 8.51. The quantitative estimate of drug-likeness (QED) is 0.510. The number of benzene rings is 2. The maximum absolute atomic E-state index is 12.3. The number of aromatic nitrogens is 2. The van der Waals surface area contributed by atoms with Crippen molar-refractivity contribution in [3.63, 3.8) is 0 Å². The molecule has 31 heavy (non-hydrogen) atoms. The molecular formula is C20H17ClN4O4S2. The van der Waals surface area contributed by atoms with Gasteiger partial charge in [-0.15, -0.1) is 22.0 Å². The Labute approximate surface area is 191 Å². The number of hydrogen-bond acceptors (Lipinski definition) is 8. The van der Waals surface area contributed by atoms with Crippen molar-refractivity contribution in [1.82, 2.24) is 15.5 Å². The summed E-state index contributed by atoms with van der Waals surface area (Å²) in [6.07, 6.45) is 0. The fourth-order valence-electron chi connectivity index (χ4n) is 2.69. The molecule has 0 fully saturated rings. The third kappa shape index (κ3) is 5.87. The minimum Gasteiger partial charge on any atom is -0.454 e. The Morgan fingerprint density at radius 3 is 2.87 bits per heavy atom. The smallest absolute Gasteiger partial charge is 0.286 e. The fraction of sp³-hybridized carbons (Fsp3) is 0.200. The average molecular weight is 477 g/mol. The van der Waals surface area contributed by atoms with Crippen molar-refractivity contribution in [3.8, 4) is 11.5 Å². The fourth-order valence-corrected chi connectivity index (χ4v) is 4.52. The number of thioether (sulfide) groups is 1. The number of anilines is 1. The van der Waals surface area contributed by atoms with Gasteiger partial charge < -0.3 is 20.1 Å². The average Bonchev–Trinajstić information content (AvgIpc) is 3.41. The highest BCUT2D eigenvalue weighted by Crippen LogP contribution is 2.32. The Balaban J connectivity index is 1.20. The van der Waals surface area contributed by atoms with Crippen molar-refractivity contribution >= 4 is 52.2 Å². The number of nitrogens with one attached hydrogen (secondary N) is 2. The van der Waals surface area contributed by atoms with Crippen LogP contribution in [0.2, 0.25) is 5.02 Å². The van der Waals surface area contributed by atoms with Crippen LogP contribution in [0.4, 0.5) is 5.69 Å². The molecule has 2 N–H and O–H groups in total. The third-order valence-electron chi connectivity index (χ3n) is 4.13. The SMILES string of the molecule is O=C(CSCc1nnc(C(=O)Nc2cccc(Cl)c2)s1)NCc1ccc2c(c1)OCO2. The molecule has 0 unspecified atom stereocenters. The monoisotopic (exact) mass is 476 g/mol. The van der Waals surface area contributed by atoms with Crippen LogP contribution in [0, 0.1) is 0 Å². The van der Waals surface area contributed by atoms with Crippen LogP contribution in [-0.4, -0.2) is 34.6 Å². The second-order valence-corrected chi connectivity index (χ2v) is 8.91. The summed E-state index contributed by atoms with van der Waals surface area (Å²) < 4.78 is 10.6. The summed E-state index contributed by atoms with van der Waals surface area (Å²) in [5, 5.41) is 15.0. The van der Waals surface area contributed by atoms with Gasteiger partial charge >= 0.3 is 0 Å². The molecule has 1 aliphatic rings. The van der Waals surface area contributed by atoms with Crippen molar-refractivity contribution in [1.29, 1.82) is 0 Å². The first-order valence-electron chi connectivity index (χ1n) is 9.19. The van der Waals surface area contributed by atoms with Gasteiger partial charge in [-0.3, -0.25) is 9.59 Å². The van der Waals surface area contributed by atoms with Crippen LogP contribution in [0.5, 0.6) is 11.5 Å². The molecule has 11 heteroatoms. The van der Waals surface area contributed by atoms with Crippen molar-refractivity contribution in [2.75, 3.05) is 17.9 Å². The van der Waals surface area contributed by atoms with Crippen molar-refractivity contribution < 1.29 is 19.1 Å². The van der Waals surface area contributed by atoms with Gasteiger partial charge in [0.25, 0.3) is 5.91 Å². The summed E-state index contributed by atoms with van der Waals surface area (Å²) in [5.74, 6) is 1.72. The van der Waals surface area contributed by atoms with Gasteiger partial charge in [0, 0.05) is 23.0 Å². The van der Waals surface area contributed by atoms with Crippen LogP contribution in [0.1, 0.15) is 20.4 Å². The highest BCUT2D eigenvalue weighted by atomic mass is 35.5. The summed E-state index contributed by atoms with van der Waals surface area (Å²) in [6.45, 7) is 0.625. The van der Waals surface area contributed by atoms with Gasteiger partial charge in [0.05, 0.1) is 5.75 Å². The van der Waals surface area contributed by atoms with E-state index < -0.39 is 0 Å². The highest BCUT2D eigenvalue weighted by molar-refractivity contribution is 7.99. The molecule has 0 saturated carbocycles. The van der Waals surface area contributed by atoms with E-state index in [0.29, 0.717) is 39.5 Å². The first-order valence-corrected chi connectivity index (χ1v) is 11.5. The Hall–Kier alpha value is -2.82. The number of carbonyl (C=O) groups excluding carboxylic acids is 2. The third-order valence-corrected chi connectivity index (χ3v) is 6.41. The Morgan fingerprint density at radius 1 is 1.13 bits per heavy atom. The number of ether oxygens (including phenoxy) is 2. The molecule has 2 aromatic carbocycles. The van der Waals surface area contributed by atoms with Crippen LogP contribution in [0.25, 0.3) is 0 Å². The molecule has 1 aromatic heterocycles. The molecule has 2 heterocycles. The number of nitrogens with zero attached hydrogens (tertiary/aromatic N) is 2. The van der Waals surface area contributed by atoms with Gasteiger partial charge in [0.1, 0.15) is 5.01 Å². The second-order valence-electron chi connectivity index (χ2n) is 6.42. The van der Waals surface area contributed by atoms with E-state index in [4.69, 9.17) is 21.1 Å². The lowest BCUT2D eigenvalue weighted by Gasteiger charge is -2.06. The van der Waals surface area contributed by atoms with E-state index in [1.165, 1.54) is 23.1 Å². The molecule has 0 aliphatic carbocycles. The van der Waals surface area contributed by atoms with Crippen LogP contribution in [-0.2, 0) is 17.1 Å². The molecule has 160 valence electrons. The zero-order valence-corrected chi connectivity index (χ0v) is 18.5. The molecule has 3 aromatic rings. The highest BCUT2D eigenvalue weighted by Gasteiger charge is 2.15. The summed E-state index contributed by atoms with van der Waals surface area (Å²) in [6, 6.07) is 12.4. The van der Waals surface area contributed by atoms with Crippen molar-refractivity contribution in [2.24, 2.45) is 0 Å². The lowest BCUT2D eigenvalue weighted by Crippen LogP contribution is -2.24. The standard InChI is InChI=1S/C20H17ClN4O4S2/c21-13-2-1-3-14(7-13)23-19(27)20-25-24-18(31-20)10-30-9-17(26)22-8-12-4-5-15-16(6-12)29-11-28-15/h1-7H,8-11H2,(H,22,26)(H,23,27). The Morgan fingerprint density at radius 2 is 2.00 bits per heavy atom. The topological polar surface area (TPSA) is 102 Å². The van der Waals surface area contributed by atoms with Crippen molar-refractivity contribution in [3.05, 3.63) is 63.1 Å². The number of halogens is 1. The maximum Gasteiger partial charge on any atom is 0.286 e. The van der Waals surface area contributed by atoms with Crippen molar-refractivity contribution in [2.45, 2.75) is 12.3 Å². The van der Waals surface area contributed by atoms with E-state index in [-0.39, 0.29) is 29.4 Å². The first kappa shape index (κ1) is 21.4. The van der Waals surface area contributed by atoms with Gasteiger partial charge in [0.2, 0.25) is 17.7 Å². The molecular weight excluding hydrogens is 460 g/mol. The number of rotatable bonds is 8. The van der Waals surface area contributed by atoms with E-state index in [1.54, 1.807) is 24.3 Å². The molecule has 8 nitrogen and oxygen atoms in total. The van der Waals surface area contributed by atoms with E-state index >= 15 is 0 Å². The summed E-state index contributed by atoms with van der Waals surface area (Å²) in [4.78, 5) is 24.4. The molecule has 0 bridgehead atoms. The molecule has 4 rings (SSSR count). The Bertz CT molecular complexity index is 1110. The van der Waals surface area contributed by atoms with E-state index in [0.717, 1.165) is 5.56 Å². The van der Waals surface area contributed by atoms with Crippen LogP contribution in [0.3, 0.4) is 0 Å². The van der Waals surface area contributed by atoms with Gasteiger partial charge in [-0.05, 0) is 35.9 Å². The van der Waals surface area contributed by atoms with E-state index in [2.05, 4.69) is 20.8 Å². The zero-order valence-electron chi connectivity index (χ0n) is 16.1. The number of fused-ring (bicyclic) bond motifs is 1. The minimum absolute atomic E-state index is 0.0916. The first-order chi connectivity index (χ1) is 15.1. The number of carbonyl (C=O) groups is 2. The van der Waals surface area contributed by atoms with E-state index in [1.807, 2.05) is 18.2 Å². The van der Waals surface area contributed by atoms with Crippen LogP contribution >= 0.6 is 34.7 Å². The normalized spacial score (nSPS) is 11.9. The predicted octanol–water partition coefficient (Wildman–Crippen LogP) is 3.72. The van der Waals surface area contributed by atoms with E-state index in [9.17, 15) is 9.59 Å². The van der Waals surface area contributed by atoms with Gasteiger partial charge in [-0.1, -0.05) is 35.1 Å².